The smallest absolute Gasteiger partial charge is 0.234 e. The molecule has 0 saturated heterocycles. The molecule has 0 atom stereocenters. The van der Waals surface area contributed by atoms with E-state index in [0.29, 0.717) is 0 Å². The summed E-state index contributed by atoms with van der Waals surface area (Å²) >= 11 is 0. The summed E-state index contributed by atoms with van der Waals surface area (Å²) in [6.45, 7) is 2.75. The maximum atomic E-state index is 12.6. The molecule has 0 bridgehead atoms. The molecule has 1 heterocycles. The molecule has 0 unspecified atom stereocenters. The second-order valence-corrected chi connectivity index (χ2v) is 5.28. The predicted octanol–water partition coefficient (Wildman–Crippen LogP) is 2.74. The lowest BCUT2D eigenvalue weighted by Gasteiger charge is -2.22. The fourth-order valence-electron chi connectivity index (χ4n) is 2.69. The lowest BCUT2D eigenvalue weighted by Crippen LogP contribution is -2.36. The molecule has 3 nitrogen and oxygen atoms in total. The number of nitrogens with zero attached hydrogens (tertiary/aromatic N) is 2. The zero-order valence-corrected chi connectivity index (χ0v) is 11.4. The number of carbonyl (C=O) groups excluding carboxylic acids is 1. The van der Waals surface area contributed by atoms with E-state index in [1.165, 1.54) is 0 Å². The van der Waals surface area contributed by atoms with Gasteiger partial charge in [0, 0.05) is 25.2 Å². The van der Waals surface area contributed by atoms with Crippen LogP contribution in [0.1, 0.15) is 25.5 Å². The van der Waals surface area contributed by atoms with E-state index < -0.39 is 0 Å². The maximum Gasteiger partial charge on any atom is 0.234 e. The first-order chi connectivity index (χ1) is 9.19. The van der Waals surface area contributed by atoms with E-state index in [-0.39, 0.29) is 11.3 Å². The van der Waals surface area contributed by atoms with E-state index >= 15 is 0 Å². The summed E-state index contributed by atoms with van der Waals surface area (Å²) in [5, 5.41) is 2.27. The quantitative estimate of drug-likeness (QED) is 0.843. The van der Waals surface area contributed by atoms with Crippen LogP contribution in [0.4, 0.5) is 0 Å². The fraction of sp³-hybridized carbons (Fsp3) is 0.375. The summed E-state index contributed by atoms with van der Waals surface area (Å²) in [4.78, 5) is 18.9. The topological polar surface area (TPSA) is 33.2 Å². The normalized spacial score (nSPS) is 16.3. The van der Waals surface area contributed by atoms with Gasteiger partial charge in [0.1, 0.15) is 0 Å². The van der Waals surface area contributed by atoms with Crippen LogP contribution in [0, 0.1) is 0 Å². The SMILES string of the molecule is CCN(C)C(=O)C1(c2nccc3ccccc23)CC1. The van der Waals surface area contributed by atoms with E-state index in [1.54, 1.807) is 4.90 Å². The average Bonchev–Trinajstić information content (AvgIpc) is 3.26. The van der Waals surface area contributed by atoms with Crippen LogP contribution >= 0.6 is 0 Å². The molecular formula is C16H18N2O. The lowest BCUT2D eigenvalue weighted by molar-refractivity contribution is -0.132. The van der Waals surface area contributed by atoms with E-state index in [4.69, 9.17) is 0 Å². The zero-order chi connectivity index (χ0) is 13.5. The van der Waals surface area contributed by atoms with Gasteiger partial charge in [-0.2, -0.15) is 0 Å². The van der Waals surface area contributed by atoms with Crippen molar-refractivity contribution in [3.05, 3.63) is 42.2 Å². The van der Waals surface area contributed by atoms with E-state index in [0.717, 1.165) is 35.9 Å². The minimum Gasteiger partial charge on any atom is -0.345 e. The fourth-order valence-corrected chi connectivity index (χ4v) is 2.69. The number of hydrogen-bond acceptors (Lipinski definition) is 2. The highest BCUT2D eigenvalue weighted by atomic mass is 16.2. The molecule has 0 spiro atoms. The molecule has 1 saturated carbocycles. The first-order valence-corrected chi connectivity index (χ1v) is 6.79. The molecule has 2 aromatic rings. The Labute approximate surface area is 113 Å². The molecule has 1 amide bonds. The highest BCUT2D eigenvalue weighted by Gasteiger charge is 2.54. The van der Waals surface area contributed by atoms with Gasteiger partial charge in [0.15, 0.2) is 0 Å². The maximum absolute atomic E-state index is 12.6. The monoisotopic (exact) mass is 254 g/mol. The van der Waals surface area contributed by atoms with Gasteiger partial charge in [0.25, 0.3) is 0 Å². The number of rotatable bonds is 3. The van der Waals surface area contributed by atoms with E-state index in [1.807, 2.05) is 38.4 Å². The predicted molar refractivity (Wildman–Crippen MR) is 76.0 cm³/mol. The van der Waals surface area contributed by atoms with Gasteiger partial charge in [-0.25, -0.2) is 0 Å². The number of hydrogen-bond donors (Lipinski definition) is 0. The van der Waals surface area contributed by atoms with Crippen LogP contribution in [-0.2, 0) is 10.2 Å². The van der Waals surface area contributed by atoms with Gasteiger partial charge >= 0.3 is 0 Å². The molecule has 1 fully saturated rings. The molecule has 0 aliphatic heterocycles. The van der Waals surface area contributed by atoms with Gasteiger partial charge < -0.3 is 4.90 Å². The molecule has 1 aliphatic carbocycles. The van der Waals surface area contributed by atoms with Crippen molar-refractivity contribution in [2.45, 2.75) is 25.2 Å². The molecule has 1 aromatic carbocycles. The minimum absolute atomic E-state index is 0.207. The largest absolute Gasteiger partial charge is 0.345 e. The Hall–Kier alpha value is -1.90. The third-order valence-corrected chi connectivity index (χ3v) is 4.11. The summed E-state index contributed by atoms with van der Waals surface area (Å²) in [7, 11) is 1.87. The summed E-state index contributed by atoms with van der Waals surface area (Å²) < 4.78 is 0. The number of aromatic nitrogens is 1. The third-order valence-electron chi connectivity index (χ3n) is 4.11. The number of carbonyl (C=O) groups is 1. The van der Waals surface area contributed by atoms with Crippen LogP contribution in [0.3, 0.4) is 0 Å². The van der Waals surface area contributed by atoms with Crippen molar-refractivity contribution in [3.63, 3.8) is 0 Å². The summed E-state index contributed by atoms with van der Waals surface area (Å²) in [5.74, 6) is 0.207. The molecular weight excluding hydrogens is 236 g/mol. The van der Waals surface area contributed by atoms with Crippen LogP contribution in [0.5, 0.6) is 0 Å². The van der Waals surface area contributed by atoms with E-state index in [9.17, 15) is 4.79 Å². The van der Waals surface area contributed by atoms with Gasteiger partial charge in [0.05, 0.1) is 11.1 Å². The highest BCUT2D eigenvalue weighted by molar-refractivity contribution is 5.96. The van der Waals surface area contributed by atoms with Crippen LogP contribution < -0.4 is 0 Å². The summed E-state index contributed by atoms with van der Waals surface area (Å²) in [6.07, 6.45) is 3.64. The van der Waals surface area contributed by atoms with Crippen LogP contribution in [0.25, 0.3) is 10.8 Å². The van der Waals surface area contributed by atoms with Crippen LogP contribution in [0.2, 0.25) is 0 Å². The Morgan fingerprint density at radius 3 is 2.74 bits per heavy atom. The Balaban J connectivity index is 2.12. The van der Waals surface area contributed by atoms with Crippen molar-refractivity contribution in [2.24, 2.45) is 0 Å². The van der Waals surface area contributed by atoms with Crippen molar-refractivity contribution in [1.29, 1.82) is 0 Å². The van der Waals surface area contributed by atoms with Gasteiger partial charge in [-0.3, -0.25) is 9.78 Å². The second-order valence-electron chi connectivity index (χ2n) is 5.28. The molecule has 0 N–H and O–H groups in total. The molecule has 3 heteroatoms. The van der Waals surface area contributed by atoms with Crippen molar-refractivity contribution in [2.75, 3.05) is 13.6 Å². The van der Waals surface area contributed by atoms with Crippen molar-refractivity contribution in [1.82, 2.24) is 9.88 Å². The molecule has 3 rings (SSSR count). The van der Waals surface area contributed by atoms with Crippen LogP contribution in [0.15, 0.2) is 36.5 Å². The molecule has 0 radical (unpaired) electrons. The lowest BCUT2D eigenvalue weighted by atomic mass is 9.95. The van der Waals surface area contributed by atoms with Crippen LogP contribution in [-0.4, -0.2) is 29.4 Å². The van der Waals surface area contributed by atoms with Crippen molar-refractivity contribution >= 4 is 16.7 Å². The summed E-state index contributed by atoms with van der Waals surface area (Å²) in [5.41, 5.74) is 0.585. The molecule has 98 valence electrons. The van der Waals surface area contributed by atoms with Gasteiger partial charge in [0.2, 0.25) is 5.91 Å². The number of benzene rings is 1. The molecule has 19 heavy (non-hydrogen) atoms. The number of pyridine rings is 1. The Morgan fingerprint density at radius 1 is 1.32 bits per heavy atom. The van der Waals surface area contributed by atoms with E-state index in [2.05, 4.69) is 17.1 Å². The minimum atomic E-state index is -0.369. The Bertz CT molecular complexity index is 626. The first-order valence-electron chi connectivity index (χ1n) is 6.79. The number of likely N-dealkylation sites (N-methyl/N-ethyl adjacent to an activating group) is 1. The average molecular weight is 254 g/mol. The van der Waals surface area contributed by atoms with Gasteiger partial charge in [-0.1, -0.05) is 24.3 Å². The first kappa shape index (κ1) is 12.2. The standard InChI is InChI=1S/C16H18N2O/c1-3-18(2)15(19)16(9-10-16)14-13-7-5-4-6-12(13)8-11-17-14/h4-8,11H,3,9-10H2,1-2H3. The molecule has 1 aliphatic rings. The Morgan fingerprint density at radius 2 is 2.05 bits per heavy atom. The zero-order valence-electron chi connectivity index (χ0n) is 11.4. The third kappa shape index (κ3) is 1.81. The molecule has 1 aromatic heterocycles. The second kappa shape index (κ2) is 4.34. The number of fused-ring (bicyclic) bond motifs is 1. The summed E-state index contributed by atoms with van der Waals surface area (Å²) in [6, 6.07) is 10.2. The van der Waals surface area contributed by atoms with Crippen molar-refractivity contribution < 1.29 is 4.79 Å². The van der Waals surface area contributed by atoms with Gasteiger partial charge in [-0.15, -0.1) is 0 Å². The highest BCUT2D eigenvalue weighted by Crippen LogP contribution is 2.50. The number of amides is 1. The van der Waals surface area contributed by atoms with Gasteiger partial charge in [-0.05, 0) is 31.2 Å². The Kier molecular flexibility index (Phi) is 2.77. The van der Waals surface area contributed by atoms with Crippen molar-refractivity contribution in [3.8, 4) is 0 Å².